The number of fused-ring (bicyclic) bond motifs is 1. The molecule has 0 bridgehead atoms. The van der Waals surface area contributed by atoms with E-state index in [1.54, 1.807) is 19.0 Å². The lowest BCUT2D eigenvalue weighted by atomic mass is 9.88. The Bertz CT molecular complexity index is 789. The van der Waals surface area contributed by atoms with Crippen molar-refractivity contribution in [1.82, 2.24) is 15.5 Å². The van der Waals surface area contributed by atoms with Crippen LogP contribution in [0.1, 0.15) is 49.7 Å². The van der Waals surface area contributed by atoms with Crippen molar-refractivity contribution in [3.8, 4) is 0 Å². The van der Waals surface area contributed by atoms with E-state index in [-0.39, 0.29) is 24.3 Å². The minimum absolute atomic E-state index is 0.00160. The van der Waals surface area contributed by atoms with Crippen LogP contribution in [0.15, 0.2) is 29.3 Å². The van der Waals surface area contributed by atoms with Gasteiger partial charge in [0.1, 0.15) is 12.6 Å². The maximum absolute atomic E-state index is 12.1. The fraction of sp³-hybridized carbons (Fsp3) is 0.667. The van der Waals surface area contributed by atoms with E-state index in [4.69, 9.17) is 9.47 Å². The summed E-state index contributed by atoms with van der Waals surface area (Å²) < 4.78 is 12.4. The van der Waals surface area contributed by atoms with E-state index in [9.17, 15) is 4.79 Å². The van der Waals surface area contributed by atoms with Crippen LogP contribution in [0.4, 0.5) is 0 Å². The number of carbonyl (C=O) groups is 1. The molecule has 1 spiro atoms. The van der Waals surface area contributed by atoms with Gasteiger partial charge in [0.05, 0.1) is 6.61 Å². The number of ether oxygens (including phenoxy) is 2. The third kappa shape index (κ3) is 5.77. The summed E-state index contributed by atoms with van der Waals surface area (Å²) >= 11 is 0. The summed E-state index contributed by atoms with van der Waals surface area (Å²) in [5, 5.41) is 6.97. The summed E-state index contributed by atoms with van der Waals surface area (Å²) in [5.74, 6) is 0.285. The topological polar surface area (TPSA) is 75.2 Å². The zero-order valence-corrected chi connectivity index (χ0v) is 18.9. The van der Waals surface area contributed by atoms with Crippen LogP contribution in [-0.2, 0) is 27.1 Å². The summed E-state index contributed by atoms with van der Waals surface area (Å²) in [5.41, 5.74) is 2.82. The zero-order chi connectivity index (χ0) is 21.7. The molecule has 1 heterocycles. The second-order valence-corrected chi connectivity index (χ2v) is 9.21. The molecule has 31 heavy (non-hydrogen) atoms. The van der Waals surface area contributed by atoms with Crippen LogP contribution in [-0.4, -0.2) is 68.5 Å². The number of nitrogens with zero attached hydrogens (tertiary/aromatic N) is 2. The van der Waals surface area contributed by atoms with Crippen molar-refractivity contribution in [3.05, 3.63) is 35.4 Å². The third-order valence-corrected chi connectivity index (χ3v) is 6.59. The molecule has 7 heteroatoms. The monoisotopic (exact) mass is 428 g/mol. The van der Waals surface area contributed by atoms with E-state index < -0.39 is 0 Å². The maximum atomic E-state index is 12.1. The number of nitrogens with one attached hydrogen (secondary N) is 2. The van der Waals surface area contributed by atoms with Crippen LogP contribution in [0, 0.1) is 0 Å². The van der Waals surface area contributed by atoms with Crippen molar-refractivity contribution in [2.45, 2.75) is 69.3 Å². The highest BCUT2D eigenvalue weighted by Gasteiger charge is 2.42. The van der Waals surface area contributed by atoms with E-state index in [2.05, 4.69) is 39.9 Å². The Hall–Kier alpha value is -2.12. The van der Waals surface area contributed by atoms with Gasteiger partial charge in [-0.2, -0.15) is 0 Å². The van der Waals surface area contributed by atoms with Crippen molar-refractivity contribution in [2.24, 2.45) is 4.99 Å². The molecule has 1 saturated heterocycles. The summed E-state index contributed by atoms with van der Waals surface area (Å²) in [6.45, 7) is 1.35. The SMILES string of the molecule is CN(C)C(=O)CN=C(NCC1COC2(CCCCC2)O1)NC1CCc2ccccc2C1. The molecular formula is C24H36N4O3. The molecule has 2 fully saturated rings. The number of hydrogen-bond acceptors (Lipinski definition) is 4. The third-order valence-electron chi connectivity index (χ3n) is 6.59. The summed E-state index contributed by atoms with van der Waals surface area (Å²) in [6.07, 6.45) is 8.65. The highest BCUT2D eigenvalue weighted by atomic mass is 16.7. The lowest BCUT2D eigenvalue weighted by Crippen LogP contribution is -2.48. The van der Waals surface area contributed by atoms with Gasteiger partial charge < -0.3 is 25.0 Å². The molecule has 1 aliphatic heterocycles. The van der Waals surface area contributed by atoms with Crippen LogP contribution in [0.5, 0.6) is 0 Å². The van der Waals surface area contributed by atoms with Gasteiger partial charge in [0.2, 0.25) is 5.91 Å². The molecule has 2 unspecified atom stereocenters. The largest absolute Gasteiger partial charge is 0.354 e. The smallest absolute Gasteiger partial charge is 0.243 e. The first kappa shape index (κ1) is 22.1. The number of guanidine groups is 1. The van der Waals surface area contributed by atoms with Crippen molar-refractivity contribution in [3.63, 3.8) is 0 Å². The number of amides is 1. The average molecular weight is 429 g/mol. The molecule has 7 nitrogen and oxygen atoms in total. The second-order valence-electron chi connectivity index (χ2n) is 9.21. The number of rotatable bonds is 5. The molecule has 0 radical (unpaired) electrons. The Balaban J connectivity index is 1.35. The maximum Gasteiger partial charge on any atom is 0.243 e. The average Bonchev–Trinajstić information content (AvgIpc) is 3.17. The number of likely N-dealkylation sites (N-methyl/N-ethyl adjacent to an activating group) is 1. The standard InChI is InChI=1S/C24H36N4O3/c1-28(2)22(29)16-26-23(27-20-11-10-18-8-4-5-9-19(18)14-20)25-15-21-17-30-24(31-21)12-6-3-7-13-24/h4-5,8-9,20-21H,3,6-7,10-17H2,1-2H3,(H2,25,26,27). The molecule has 2 atom stereocenters. The van der Waals surface area contributed by atoms with Crippen molar-refractivity contribution in [2.75, 3.05) is 33.8 Å². The quantitative estimate of drug-likeness (QED) is 0.556. The minimum Gasteiger partial charge on any atom is -0.354 e. The normalized spacial score (nSPS) is 25.2. The molecule has 3 aliphatic rings. The predicted molar refractivity (Wildman–Crippen MR) is 121 cm³/mol. The summed E-state index contributed by atoms with van der Waals surface area (Å²) in [7, 11) is 3.51. The Labute approximate surface area is 185 Å². The molecular weight excluding hydrogens is 392 g/mol. The lowest BCUT2D eigenvalue weighted by molar-refractivity contribution is -0.186. The molecule has 1 saturated carbocycles. The van der Waals surface area contributed by atoms with Gasteiger partial charge in [0.25, 0.3) is 0 Å². The molecule has 0 aromatic heterocycles. The van der Waals surface area contributed by atoms with Crippen molar-refractivity contribution >= 4 is 11.9 Å². The number of aryl methyl sites for hydroxylation is 1. The van der Waals surface area contributed by atoms with E-state index in [1.807, 2.05) is 0 Å². The van der Waals surface area contributed by atoms with Crippen molar-refractivity contribution < 1.29 is 14.3 Å². The second kappa shape index (κ2) is 10.0. The van der Waals surface area contributed by atoms with Crippen molar-refractivity contribution in [1.29, 1.82) is 0 Å². The molecule has 170 valence electrons. The Morgan fingerprint density at radius 1 is 1.19 bits per heavy atom. The van der Waals surface area contributed by atoms with Crippen LogP contribution >= 0.6 is 0 Å². The number of hydrogen-bond donors (Lipinski definition) is 2. The number of carbonyl (C=O) groups excluding carboxylic acids is 1. The van der Waals surface area contributed by atoms with Crippen LogP contribution in [0.25, 0.3) is 0 Å². The lowest BCUT2D eigenvalue weighted by Gasteiger charge is -2.32. The highest BCUT2D eigenvalue weighted by Crippen LogP contribution is 2.37. The van der Waals surface area contributed by atoms with Gasteiger partial charge in [0.15, 0.2) is 11.7 Å². The van der Waals surface area contributed by atoms with E-state index in [0.717, 1.165) is 32.1 Å². The first-order chi connectivity index (χ1) is 15.0. The van der Waals surface area contributed by atoms with Gasteiger partial charge in [-0.15, -0.1) is 0 Å². The fourth-order valence-corrected chi connectivity index (χ4v) is 4.74. The fourth-order valence-electron chi connectivity index (χ4n) is 4.74. The van der Waals surface area contributed by atoms with Gasteiger partial charge in [-0.1, -0.05) is 30.7 Å². The van der Waals surface area contributed by atoms with Crippen LogP contribution in [0.3, 0.4) is 0 Å². The first-order valence-electron chi connectivity index (χ1n) is 11.7. The summed E-state index contributed by atoms with van der Waals surface area (Å²) in [4.78, 5) is 18.2. The summed E-state index contributed by atoms with van der Waals surface area (Å²) in [6, 6.07) is 8.92. The van der Waals surface area contributed by atoms with Gasteiger partial charge in [0, 0.05) is 39.5 Å². The molecule has 2 aliphatic carbocycles. The van der Waals surface area contributed by atoms with E-state index >= 15 is 0 Å². The van der Waals surface area contributed by atoms with Crippen LogP contribution < -0.4 is 10.6 Å². The minimum atomic E-state index is -0.372. The number of benzene rings is 1. The van der Waals surface area contributed by atoms with Gasteiger partial charge in [-0.25, -0.2) is 4.99 Å². The molecule has 2 N–H and O–H groups in total. The number of aliphatic imine (C=N–C) groups is 1. The van der Waals surface area contributed by atoms with Gasteiger partial charge >= 0.3 is 0 Å². The molecule has 1 amide bonds. The zero-order valence-electron chi connectivity index (χ0n) is 18.9. The predicted octanol–water partition coefficient (Wildman–Crippen LogP) is 2.24. The van der Waals surface area contributed by atoms with Gasteiger partial charge in [-0.05, 0) is 43.2 Å². The van der Waals surface area contributed by atoms with E-state index in [0.29, 0.717) is 25.2 Å². The Kier molecular flexibility index (Phi) is 7.13. The molecule has 1 aromatic carbocycles. The Morgan fingerprint density at radius 2 is 1.97 bits per heavy atom. The highest BCUT2D eigenvalue weighted by molar-refractivity contribution is 5.85. The van der Waals surface area contributed by atoms with E-state index in [1.165, 1.54) is 30.4 Å². The first-order valence-corrected chi connectivity index (χ1v) is 11.7. The van der Waals surface area contributed by atoms with Crippen LogP contribution in [0.2, 0.25) is 0 Å². The Morgan fingerprint density at radius 3 is 2.74 bits per heavy atom. The molecule has 4 rings (SSSR count). The molecule has 1 aromatic rings. The van der Waals surface area contributed by atoms with Gasteiger partial charge in [-0.3, -0.25) is 4.79 Å².